The SMILES string of the molecule is CCCCC(CC(=O)c1ccccc1)C[N+](=O)[O-]. The van der Waals surface area contributed by atoms with E-state index in [1.54, 1.807) is 12.1 Å². The van der Waals surface area contributed by atoms with Crippen LogP contribution >= 0.6 is 0 Å². The van der Waals surface area contributed by atoms with Crippen LogP contribution in [0.1, 0.15) is 43.0 Å². The number of carbonyl (C=O) groups excluding carboxylic acids is 1. The van der Waals surface area contributed by atoms with Gasteiger partial charge in [-0.3, -0.25) is 14.9 Å². The van der Waals surface area contributed by atoms with E-state index in [-0.39, 0.29) is 29.6 Å². The molecule has 1 unspecified atom stereocenters. The molecular formula is C14H19NO3. The normalized spacial score (nSPS) is 12.1. The number of hydrogen-bond donors (Lipinski definition) is 0. The van der Waals surface area contributed by atoms with Crippen LogP contribution in [0, 0.1) is 16.0 Å². The Kier molecular flexibility index (Phi) is 6.05. The molecular weight excluding hydrogens is 230 g/mol. The fraction of sp³-hybridized carbons (Fsp3) is 0.500. The number of ketones is 1. The molecule has 1 atom stereocenters. The molecule has 4 nitrogen and oxygen atoms in total. The summed E-state index contributed by atoms with van der Waals surface area (Å²) in [6.07, 6.45) is 2.94. The monoisotopic (exact) mass is 249 g/mol. The number of rotatable bonds is 8. The molecule has 0 amide bonds. The van der Waals surface area contributed by atoms with E-state index in [9.17, 15) is 14.9 Å². The first-order valence-electron chi connectivity index (χ1n) is 6.33. The average Bonchev–Trinajstić information content (AvgIpc) is 2.36. The van der Waals surface area contributed by atoms with Crippen LogP contribution < -0.4 is 0 Å². The minimum Gasteiger partial charge on any atom is -0.294 e. The molecule has 1 aromatic rings. The summed E-state index contributed by atoms with van der Waals surface area (Å²) in [5.74, 6) is -0.147. The Labute approximate surface area is 107 Å². The van der Waals surface area contributed by atoms with E-state index >= 15 is 0 Å². The van der Waals surface area contributed by atoms with Gasteiger partial charge in [-0.2, -0.15) is 0 Å². The summed E-state index contributed by atoms with van der Waals surface area (Å²) in [6, 6.07) is 8.97. The lowest BCUT2D eigenvalue weighted by atomic mass is 9.93. The van der Waals surface area contributed by atoms with Crippen LogP contribution in [0.25, 0.3) is 0 Å². The van der Waals surface area contributed by atoms with Crippen LogP contribution in [0.15, 0.2) is 30.3 Å². The molecule has 0 aliphatic rings. The summed E-state index contributed by atoms with van der Waals surface area (Å²) in [6.45, 7) is 1.93. The fourth-order valence-electron chi connectivity index (χ4n) is 1.97. The Hall–Kier alpha value is -1.71. The van der Waals surface area contributed by atoms with E-state index in [0.29, 0.717) is 5.56 Å². The molecule has 1 aromatic carbocycles. The molecule has 0 heterocycles. The molecule has 0 saturated heterocycles. The van der Waals surface area contributed by atoms with Crippen molar-refractivity contribution in [1.29, 1.82) is 0 Å². The van der Waals surface area contributed by atoms with Gasteiger partial charge in [0.25, 0.3) is 0 Å². The first-order chi connectivity index (χ1) is 8.63. The average molecular weight is 249 g/mol. The molecule has 0 aliphatic carbocycles. The van der Waals surface area contributed by atoms with Gasteiger partial charge < -0.3 is 0 Å². The second kappa shape index (κ2) is 7.58. The zero-order valence-electron chi connectivity index (χ0n) is 10.7. The first kappa shape index (κ1) is 14.4. The van der Waals surface area contributed by atoms with E-state index in [4.69, 9.17) is 0 Å². The Morgan fingerprint density at radius 2 is 2.00 bits per heavy atom. The number of nitro groups is 1. The molecule has 18 heavy (non-hydrogen) atoms. The zero-order chi connectivity index (χ0) is 13.4. The van der Waals surface area contributed by atoms with Crippen LogP contribution in [-0.4, -0.2) is 17.3 Å². The predicted octanol–water partition coefficient (Wildman–Crippen LogP) is 3.34. The number of benzene rings is 1. The van der Waals surface area contributed by atoms with Gasteiger partial charge in [-0.15, -0.1) is 0 Å². The van der Waals surface area contributed by atoms with Crippen LogP contribution in [0.3, 0.4) is 0 Å². The lowest BCUT2D eigenvalue weighted by Gasteiger charge is -2.11. The van der Waals surface area contributed by atoms with Gasteiger partial charge in [0.15, 0.2) is 5.78 Å². The van der Waals surface area contributed by atoms with Gasteiger partial charge in [0.05, 0.1) is 0 Å². The molecule has 0 spiro atoms. The van der Waals surface area contributed by atoms with Gasteiger partial charge in [-0.25, -0.2) is 0 Å². The second-order valence-electron chi connectivity index (χ2n) is 4.52. The summed E-state index contributed by atoms with van der Waals surface area (Å²) in [5.41, 5.74) is 0.641. The first-order valence-corrected chi connectivity index (χ1v) is 6.33. The Bertz CT molecular complexity index is 389. The maximum Gasteiger partial charge on any atom is 0.207 e. The number of nitrogens with zero attached hydrogens (tertiary/aromatic N) is 1. The fourth-order valence-corrected chi connectivity index (χ4v) is 1.97. The number of hydrogen-bond acceptors (Lipinski definition) is 3. The third kappa shape index (κ3) is 5.08. The summed E-state index contributed by atoms with van der Waals surface area (Å²) in [4.78, 5) is 22.2. The van der Waals surface area contributed by atoms with E-state index < -0.39 is 0 Å². The van der Waals surface area contributed by atoms with Crippen LogP contribution in [0.4, 0.5) is 0 Å². The summed E-state index contributed by atoms with van der Waals surface area (Å²) in [5, 5.41) is 10.6. The summed E-state index contributed by atoms with van der Waals surface area (Å²) >= 11 is 0. The van der Waals surface area contributed by atoms with Crippen molar-refractivity contribution in [2.75, 3.05) is 6.54 Å². The Morgan fingerprint density at radius 1 is 1.33 bits per heavy atom. The standard InChI is InChI=1S/C14H19NO3/c1-2-3-7-12(11-15(17)18)10-14(16)13-8-5-4-6-9-13/h4-6,8-9,12H,2-3,7,10-11H2,1H3. The molecule has 0 saturated carbocycles. The minimum atomic E-state index is -0.321. The Morgan fingerprint density at radius 3 is 2.56 bits per heavy atom. The van der Waals surface area contributed by atoms with E-state index in [1.807, 2.05) is 25.1 Å². The van der Waals surface area contributed by atoms with E-state index in [0.717, 1.165) is 19.3 Å². The zero-order valence-corrected chi connectivity index (χ0v) is 10.7. The topological polar surface area (TPSA) is 60.2 Å². The van der Waals surface area contributed by atoms with Crippen molar-refractivity contribution in [3.8, 4) is 0 Å². The van der Waals surface area contributed by atoms with Crippen molar-refractivity contribution in [2.24, 2.45) is 5.92 Å². The van der Waals surface area contributed by atoms with Crippen molar-refractivity contribution < 1.29 is 9.72 Å². The molecule has 0 aromatic heterocycles. The number of carbonyl (C=O) groups is 1. The molecule has 98 valence electrons. The maximum absolute atomic E-state index is 12.0. The Balaban J connectivity index is 2.59. The van der Waals surface area contributed by atoms with Crippen molar-refractivity contribution in [3.05, 3.63) is 46.0 Å². The lowest BCUT2D eigenvalue weighted by molar-refractivity contribution is -0.488. The van der Waals surface area contributed by atoms with Gasteiger partial charge in [0.2, 0.25) is 6.54 Å². The summed E-state index contributed by atoms with van der Waals surface area (Å²) < 4.78 is 0. The van der Waals surface area contributed by atoms with Crippen LogP contribution in [0.5, 0.6) is 0 Å². The highest BCUT2D eigenvalue weighted by atomic mass is 16.6. The quantitative estimate of drug-likeness (QED) is 0.403. The van der Waals surface area contributed by atoms with Gasteiger partial charge in [-0.1, -0.05) is 50.1 Å². The van der Waals surface area contributed by atoms with Crippen molar-refractivity contribution in [1.82, 2.24) is 0 Å². The van der Waals surface area contributed by atoms with Gasteiger partial charge in [0, 0.05) is 22.8 Å². The molecule has 0 fully saturated rings. The molecule has 0 aliphatic heterocycles. The highest BCUT2D eigenvalue weighted by Crippen LogP contribution is 2.16. The van der Waals surface area contributed by atoms with Crippen molar-refractivity contribution in [2.45, 2.75) is 32.6 Å². The third-order valence-corrected chi connectivity index (χ3v) is 2.94. The molecule has 1 rings (SSSR count). The molecule has 0 N–H and O–H groups in total. The van der Waals surface area contributed by atoms with Crippen molar-refractivity contribution in [3.63, 3.8) is 0 Å². The maximum atomic E-state index is 12.0. The van der Waals surface area contributed by atoms with Gasteiger partial charge >= 0.3 is 0 Å². The highest BCUT2D eigenvalue weighted by molar-refractivity contribution is 5.96. The minimum absolute atomic E-state index is 0.00134. The largest absolute Gasteiger partial charge is 0.294 e. The summed E-state index contributed by atoms with van der Waals surface area (Å²) in [7, 11) is 0. The van der Waals surface area contributed by atoms with E-state index in [2.05, 4.69) is 0 Å². The lowest BCUT2D eigenvalue weighted by Crippen LogP contribution is -2.18. The molecule has 4 heteroatoms. The van der Waals surface area contributed by atoms with Crippen LogP contribution in [-0.2, 0) is 0 Å². The molecule has 0 radical (unpaired) electrons. The van der Waals surface area contributed by atoms with Crippen LogP contribution in [0.2, 0.25) is 0 Å². The highest BCUT2D eigenvalue weighted by Gasteiger charge is 2.19. The third-order valence-electron chi connectivity index (χ3n) is 2.94. The second-order valence-corrected chi connectivity index (χ2v) is 4.52. The smallest absolute Gasteiger partial charge is 0.207 e. The van der Waals surface area contributed by atoms with E-state index in [1.165, 1.54) is 0 Å². The van der Waals surface area contributed by atoms with Crippen molar-refractivity contribution >= 4 is 5.78 Å². The molecule has 0 bridgehead atoms. The predicted molar refractivity (Wildman–Crippen MR) is 70.3 cm³/mol. The van der Waals surface area contributed by atoms with Gasteiger partial charge in [-0.05, 0) is 6.42 Å². The number of Topliss-reactive ketones (excluding diaryl/α,β-unsaturated/α-hetero) is 1. The number of unbranched alkanes of at least 4 members (excludes halogenated alkanes) is 1. The van der Waals surface area contributed by atoms with Gasteiger partial charge in [0.1, 0.15) is 0 Å².